The minimum absolute atomic E-state index is 0.122. The number of carbonyl (C=O) groups excluding carboxylic acids is 1. The van der Waals surface area contributed by atoms with E-state index in [1.807, 2.05) is 35.2 Å². The molecule has 0 unspecified atom stereocenters. The zero-order valence-electron chi connectivity index (χ0n) is 14.4. The Balaban J connectivity index is 1.49. The Morgan fingerprint density at radius 3 is 2.80 bits per heavy atom. The van der Waals surface area contributed by atoms with E-state index >= 15 is 0 Å². The molecule has 1 atom stereocenters. The standard InChI is InChI=1S/C20H22N2O3/c1-24-18-5-2-15-10-16(13-25-19(15)11-18)20(23)22(17-3-4-17)12-14-6-8-21-9-7-14/h2,5-9,11,16-17H,3-4,10,12-13H2,1H3/t16-/m1/s1. The number of aromatic nitrogens is 1. The molecule has 0 N–H and O–H groups in total. The van der Waals surface area contributed by atoms with Crippen molar-refractivity contribution in [2.75, 3.05) is 13.7 Å². The first kappa shape index (κ1) is 15.9. The van der Waals surface area contributed by atoms with Gasteiger partial charge in [0.1, 0.15) is 18.1 Å². The molecule has 1 fully saturated rings. The molecule has 0 spiro atoms. The third-order valence-corrected chi connectivity index (χ3v) is 4.90. The number of methoxy groups -OCH3 is 1. The number of nitrogens with zero attached hydrogens (tertiary/aromatic N) is 2. The van der Waals surface area contributed by atoms with Crippen LogP contribution in [-0.2, 0) is 17.8 Å². The van der Waals surface area contributed by atoms with Crippen LogP contribution in [0.15, 0.2) is 42.7 Å². The average molecular weight is 338 g/mol. The molecular weight excluding hydrogens is 316 g/mol. The minimum Gasteiger partial charge on any atom is -0.497 e. The van der Waals surface area contributed by atoms with Gasteiger partial charge in [-0.2, -0.15) is 0 Å². The van der Waals surface area contributed by atoms with E-state index in [1.54, 1.807) is 19.5 Å². The van der Waals surface area contributed by atoms with E-state index in [2.05, 4.69) is 4.98 Å². The maximum Gasteiger partial charge on any atom is 0.230 e. The largest absolute Gasteiger partial charge is 0.497 e. The number of pyridine rings is 1. The molecule has 5 heteroatoms. The number of fused-ring (bicyclic) bond motifs is 1. The summed E-state index contributed by atoms with van der Waals surface area (Å²) in [5.74, 6) is 1.68. The molecule has 4 rings (SSSR count). The second-order valence-corrected chi connectivity index (χ2v) is 6.74. The summed E-state index contributed by atoms with van der Waals surface area (Å²) in [6, 6.07) is 10.1. The third-order valence-electron chi connectivity index (χ3n) is 4.90. The Labute approximate surface area is 147 Å². The summed E-state index contributed by atoms with van der Waals surface area (Å²) in [6.07, 6.45) is 6.46. The highest BCUT2D eigenvalue weighted by molar-refractivity contribution is 5.80. The first-order valence-corrected chi connectivity index (χ1v) is 8.73. The van der Waals surface area contributed by atoms with Crippen molar-refractivity contribution >= 4 is 5.91 Å². The van der Waals surface area contributed by atoms with Crippen LogP contribution in [0.5, 0.6) is 11.5 Å². The van der Waals surface area contributed by atoms with Gasteiger partial charge in [-0.25, -0.2) is 0 Å². The van der Waals surface area contributed by atoms with Gasteiger partial charge in [-0.15, -0.1) is 0 Å². The van der Waals surface area contributed by atoms with E-state index in [1.165, 1.54) is 0 Å². The quantitative estimate of drug-likeness (QED) is 0.841. The number of hydrogen-bond acceptors (Lipinski definition) is 4. The van der Waals surface area contributed by atoms with Gasteiger partial charge < -0.3 is 14.4 Å². The fourth-order valence-electron chi connectivity index (χ4n) is 3.33. The lowest BCUT2D eigenvalue weighted by atomic mass is 9.95. The lowest BCUT2D eigenvalue weighted by Gasteiger charge is -2.30. The molecule has 0 bridgehead atoms. The molecule has 5 nitrogen and oxygen atoms in total. The number of benzene rings is 1. The van der Waals surface area contributed by atoms with Crippen molar-refractivity contribution in [1.29, 1.82) is 0 Å². The van der Waals surface area contributed by atoms with Crippen molar-refractivity contribution < 1.29 is 14.3 Å². The molecule has 1 saturated carbocycles. The highest BCUT2D eigenvalue weighted by Crippen LogP contribution is 2.34. The molecule has 1 aromatic carbocycles. The molecule has 130 valence electrons. The molecule has 0 radical (unpaired) electrons. The molecule has 2 heterocycles. The van der Waals surface area contributed by atoms with Gasteiger partial charge in [0.25, 0.3) is 0 Å². The Kier molecular flexibility index (Phi) is 4.30. The summed E-state index contributed by atoms with van der Waals surface area (Å²) < 4.78 is 11.1. The van der Waals surface area contributed by atoms with E-state index in [9.17, 15) is 4.79 Å². The summed E-state index contributed by atoms with van der Waals surface area (Å²) in [4.78, 5) is 19.2. The van der Waals surface area contributed by atoms with Gasteiger partial charge in [0.05, 0.1) is 13.0 Å². The fraction of sp³-hybridized carbons (Fsp3) is 0.400. The Morgan fingerprint density at radius 1 is 1.28 bits per heavy atom. The van der Waals surface area contributed by atoms with Crippen LogP contribution in [-0.4, -0.2) is 35.5 Å². The van der Waals surface area contributed by atoms with Crippen molar-refractivity contribution in [3.05, 3.63) is 53.9 Å². The number of hydrogen-bond donors (Lipinski definition) is 0. The van der Waals surface area contributed by atoms with Gasteiger partial charge in [0, 0.05) is 31.0 Å². The first-order valence-electron chi connectivity index (χ1n) is 8.73. The van der Waals surface area contributed by atoms with Gasteiger partial charge in [0.2, 0.25) is 5.91 Å². The van der Waals surface area contributed by atoms with Gasteiger partial charge in [-0.1, -0.05) is 6.07 Å². The second-order valence-electron chi connectivity index (χ2n) is 6.74. The van der Waals surface area contributed by atoms with Gasteiger partial charge in [-0.05, 0) is 48.6 Å². The van der Waals surface area contributed by atoms with Crippen LogP contribution in [0.2, 0.25) is 0 Å². The summed E-state index contributed by atoms with van der Waals surface area (Å²) >= 11 is 0. The minimum atomic E-state index is -0.122. The predicted octanol–water partition coefficient (Wildman–Crippen LogP) is 2.83. The van der Waals surface area contributed by atoms with Crippen LogP contribution < -0.4 is 9.47 Å². The zero-order chi connectivity index (χ0) is 17.2. The third kappa shape index (κ3) is 3.45. The van der Waals surface area contributed by atoms with E-state index in [4.69, 9.17) is 9.47 Å². The van der Waals surface area contributed by atoms with Crippen LogP contribution in [0.25, 0.3) is 0 Å². The first-order chi connectivity index (χ1) is 12.2. The molecule has 2 aliphatic rings. The van der Waals surface area contributed by atoms with Crippen molar-refractivity contribution in [1.82, 2.24) is 9.88 Å². The smallest absolute Gasteiger partial charge is 0.230 e. The monoisotopic (exact) mass is 338 g/mol. The van der Waals surface area contributed by atoms with Crippen molar-refractivity contribution in [2.45, 2.75) is 31.8 Å². The number of ether oxygens (including phenoxy) is 2. The molecule has 1 aromatic heterocycles. The molecule has 2 aromatic rings. The van der Waals surface area contributed by atoms with E-state index < -0.39 is 0 Å². The summed E-state index contributed by atoms with van der Waals surface area (Å²) in [5.41, 5.74) is 2.20. The summed E-state index contributed by atoms with van der Waals surface area (Å²) in [7, 11) is 1.64. The van der Waals surface area contributed by atoms with Gasteiger partial charge in [-0.3, -0.25) is 9.78 Å². The zero-order valence-corrected chi connectivity index (χ0v) is 14.4. The maximum absolute atomic E-state index is 13.1. The van der Waals surface area contributed by atoms with Crippen molar-refractivity contribution in [3.8, 4) is 11.5 Å². The fourth-order valence-corrected chi connectivity index (χ4v) is 3.33. The topological polar surface area (TPSA) is 51.7 Å². The van der Waals surface area contributed by atoms with Crippen molar-refractivity contribution in [3.63, 3.8) is 0 Å². The number of amides is 1. The highest BCUT2D eigenvalue weighted by Gasteiger charge is 2.37. The Hall–Kier alpha value is -2.56. The summed E-state index contributed by atoms with van der Waals surface area (Å²) in [6.45, 7) is 1.08. The normalized spacial score (nSPS) is 18.8. The SMILES string of the molecule is COc1ccc2c(c1)OC[C@H](C(=O)N(Cc1ccncc1)C1CC1)C2. The molecule has 25 heavy (non-hydrogen) atoms. The van der Waals surface area contributed by atoms with Crippen LogP contribution in [0.4, 0.5) is 0 Å². The van der Waals surface area contributed by atoms with Crippen LogP contribution in [0.1, 0.15) is 24.0 Å². The highest BCUT2D eigenvalue weighted by atomic mass is 16.5. The molecule has 1 aliphatic heterocycles. The Bertz CT molecular complexity index is 759. The van der Waals surface area contributed by atoms with E-state index in [-0.39, 0.29) is 11.8 Å². The molecule has 1 aliphatic carbocycles. The van der Waals surface area contributed by atoms with Crippen LogP contribution in [0, 0.1) is 5.92 Å². The summed E-state index contributed by atoms with van der Waals surface area (Å²) in [5, 5.41) is 0. The van der Waals surface area contributed by atoms with Crippen molar-refractivity contribution in [2.24, 2.45) is 5.92 Å². The second kappa shape index (κ2) is 6.75. The maximum atomic E-state index is 13.1. The predicted molar refractivity (Wildman–Crippen MR) is 93.5 cm³/mol. The van der Waals surface area contributed by atoms with Crippen LogP contribution >= 0.6 is 0 Å². The molecule has 1 amide bonds. The van der Waals surface area contributed by atoms with Crippen LogP contribution in [0.3, 0.4) is 0 Å². The van der Waals surface area contributed by atoms with E-state index in [0.717, 1.165) is 41.9 Å². The average Bonchev–Trinajstić information content (AvgIpc) is 3.50. The van der Waals surface area contributed by atoms with Gasteiger partial charge >= 0.3 is 0 Å². The molecular formula is C20H22N2O3. The molecule has 0 saturated heterocycles. The van der Waals surface area contributed by atoms with E-state index in [0.29, 0.717) is 19.2 Å². The van der Waals surface area contributed by atoms with Gasteiger partial charge in [0.15, 0.2) is 0 Å². The Morgan fingerprint density at radius 2 is 2.08 bits per heavy atom. The number of carbonyl (C=O) groups is 1. The lowest BCUT2D eigenvalue weighted by Crippen LogP contribution is -2.41. The number of rotatable bonds is 5. The lowest BCUT2D eigenvalue weighted by molar-refractivity contribution is -0.138.